The molecule has 0 aliphatic carbocycles. The molecule has 0 aliphatic heterocycles. The van der Waals surface area contributed by atoms with Crippen molar-refractivity contribution < 1.29 is 9.53 Å². The highest BCUT2D eigenvalue weighted by atomic mass is 16.5. The lowest BCUT2D eigenvalue weighted by molar-refractivity contribution is 0.0525. The first-order valence-electron chi connectivity index (χ1n) is 9.55. The number of aryl methyl sites for hydroxylation is 1. The van der Waals surface area contributed by atoms with Crippen LogP contribution in [0.5, 0.6) is 0 Å². The zero-order valence-electron chi connectivity index (χ0n) is 17.3. The lowest BCUT2D eigenvalue weighted by atomic mass is 10.1. The number of nitrogens with zero attached hydrogens (tertiary/aromatic N) is 3. The topological polar surface area (TPSA) is 101 Å². The Morgan fingerprint density at radius 2 is 2.00 bits per heavy atom. The number of esters is 1. The Hall–Kier alpha value is -3.42. The normalized spacial score (nSPS) is 11.7. The van der Waals surface area contributed by atoms with Crippen molar-refractivity contribution in [3.05, 3.63) is 57.1 Å². The Bertz CT molecular complexity index is 1160. The maximum atomic E-state index is 12.7. The number of hydrogen-bond acceptors (Lipinski definition) is 6. The van der Waals surface area contributed by atoms with E-state index < -0.39 is 0 Å². The maximum Gasteiger partial charge on any atom is 0.340 e. The minimum atomic E-state index is -0.359. The molecule has 0 aliphatic rings. The molecule has 0 unspecified atom stereocenters. The molecule has 0 fully saturated rings. The van der Waals surface area contributed by atoms with Crippen molar-refractivity contribution in [1.29, 1.82) is 0 Å². The molecule has 0 spiro atoms. The van der Waals surface area contributed by atoms with E-state index in [0.29, 0.717) is 41.3 Å². The van der Waals surface area contributed by atoms with Crippen LogP contribution in [0.25, 0.3) is 10.9 Å². The van der Waals surface area contributed by atoms with Crippen LogP contribution >= 0.6 is 0 Å². The highest BCUT2D eigenvalue weighted by Gasteiger charge is 2.20. The molecule has 152 valence electrons. The summed E-state index contributed by atoms with van der Waals surface area (Å²) in [6.45, 7) is 9.91. The summed E-state index contributed by atoms with van der Waals surface area (Å²) >= 11 is 0. The van der Waals surface area contributed by atoms with Gasteiger partial charge < -0.3 is 9.72 Å². The molecule has 1 aromatic carbocycles. The summed E-state index contributed by atoms with van der Waals surface area (Å²) in [6, 6.07) is 7.21. The molecule has 8 heteroatoms. The average molecular weight is 395 g/mol. The third-order valence-corrected chi connectivity index (χ3v) is 4.78. The van der Waals surface area contributed by atoms with Crippen LogP contribution in [-0.4, -0.2) is 32.8 Å². The summed E-state index contributed by atoms with van der Waals surface area (Å²) in [7, 11) is 0. The number of carbonyl (C=O) groups is 1. The number of ether oxygens (including phenoxy) is 1. The van der Waals surface area contributed by atoms with Crippen LogP contribution in [0.15, 0.2) is 34.2 Å². The number of H-pyrrole nitrogens is 1. The van der Waals surface area contributed by atoms with E-state index in [9.17, 15) is 9.59 Å². The number of nitrogens with one attached hydrogen (secondary N) is 2. The molecular formula is C21H25N5O3. The van der Waals surface area contributed by atoms with Gasteiger partial charge >= 0.3 is 5.97 Å². The second-order valence-corrected chi connectivity index (χ2v) is 6.66. The van der Waals surface area contributed by atoms with Gasteiger partial charge in [0.15, 0.2) is 0 Å². The van der Waals surface area contributed by atoms with Gasteiger partial charge in [0, 0.05) is 12.2 Å². The second-order valence-electron chi connectivity index (χ2n) is 6.66. The summed E-state index contributed by atoms with van der Waals surface area (Å²) in [5.74, 6) is 0.00359. The van der Waals surface area contributed by atoms with Crippen molar-refractivity contribution >= 4 is 28.5 Å². The molecule has 0 atom stereocenters. The Kier molecular flexibility index (Phi) is 5.81. The van der Waals surface area contributed by atoms with Crippen molar-refractivity contribution in [1.82, 2.24) is 14.5 Å². The van der Waals surface area contributed by atoms with E-state index in [1.807, 2.05) is 39.8 Å². The number of aromatic nitrogens is 3. The van der Waals surface area contributed by atoms with Crippen molar-refractivity contribution in [2.75, 3.05) is 12.0 Å². The molecule has 2 heterocycles. The van der Waals surface area contributed by atoms with Gasteiger partial charge in [-0.2, -0.15) is 5.10 Å². The van der Waals surface area contributed by atoms with E-state index in [4.69, 9.17) is 4.74 Å². The number of rotatable bonds is 6. The van der Waals surface area contributed by atoms with Crippen LogP contribution in [0.4, 0.5) is 5.95 Å². The predicted octanol–water partition coefficient (Wildman–Crippen LogP) is 3.37. The van der Waals surface area contributed by atoms with E-state index >= 15 is 0 Å². The molecule has 3 aromatic rings. The predicted molar refractivity (Wildman–Crippen MR) is 114 cm³/mol. The number of hydrogen-bond donors (Lipinski definition) is 2. The van der Waals surface area contributed by atoms with E-state index in [1.54, 1.807) is 19.1 Å². The van der Waals surface area contributed by atoms with Gasteiger partial charge in [-0.25, -0.2) is 15.2 Å². The smallest absolute Gasteiger partial charge is 0.340 e. The third-order valence-electron chi connectivity index (χ3n) is 4.78. The molecule has 2 N–H and O–H groups in total. The van der Waals surface area contributed by atoms with Crippen molar-refractivity contribution in [3.8, 4) is 0 Å². The standard InChI is InChI=1S/C21H25N5O3/c1-6-26-19(27)15-10-8-9-11-16(15)23-21(26)25-24-14(5)18-12(3)17(13(4)22-18)20(28)29-7-2/h8-11,22H,6-7H2,1-5H3,(H,23,25)/b24-14+. The van der Waals surface area contributed by atoms with E-state index in [-0.39, 0.29) is 11.5 Å². The van der Waals surface area contributed by atoms with Crippen molar-refractivity contribution in [3.63, 3.8) is 0 Å². The monoisotopic (exact) mass is 395 g/mol. The second kappa shape index (κ2) is 8.30. The van der Waals surface area contributed by atoms with Gasteiger partial charge in [-0.15, -0.1) is 0 Å². The molecule has 0 saturated heterocycles. The molecule has 3 rings (SSSR count). The Labute approximate surface area is 168 Å². The number of benzene rings is 1. The first-order valence-corrected chi connectivity index (χ1v) is 9.55. The molecule has 2 aromatic heterocycles. The summed E-state index contributed by atoms with van der Waals surface area (Å²) < 4.78 is 6.67. The highest BCUT2D eigenvalue weighted by molar-refractivity contribution is 6.03. The van der Waals surface area contributed by atoms with E-state index in [0.717, 1.165) is 17.0 Å². The molecule has 0 amide bonds. The fourth-order valence-corrected chi connectivity index (χ4v) is 3.36. The molecule has 29 heavy (non-hydrogen) atoms. The third kappa shape index (κ3) is 3.78. The minimum absolute atomic E-state index is 0.120. The lowest BCUT2D eigenvalue weighted by Gasteiger charge is -2.11. The summed E-state index contributed by atoms with van der Waals surface area (Å²) in [5, 5.41) is 4.97. The SMILES string of the molecule is CCOC(=O)c1c(C)[nH]c(/C(C)=N/Nc2nc3ccccc3c(=O)n2CC)c1C. The Morgan fingerprint density at radius 1 is 1.28 bits per heavy atom. The number of hydrazone groups is 1. The van der Waals surface area contributed by atoms with E-state index in [1.165, 1.54) is 4.57 Å². The van der Waals surface area contributed by atoms with Gasteiger partial charge in [0.2, 0.25) is 5.95 Å². The number of carbonyl (C=O) groups excluding carboxylic acids is 1. The summed E-state index contributed by atoms with van der Waals surface area (Å²) in [5.41, 5.74) is 6.76. The largest absolute Gasteiger partial charge is 0.462 e. The average Bonchev–Trinajstić information content (AvgIpc) is 3.00. The van der Waals surface area contributed by atoms with Gasteiger partial charge in [-0.3, -0.25) is 9.36 Å². The van der Waals surface area contributed by atoms with Crippen LogP contribution in [0.3, 0.4) is 0 Å². The number of aromatic amines is 1. The van der Waals surface area contributed by atoms with Gasteiger partial charge in [-0.1, -0.05) is 12.1 Å². The first-order chi connectivity index (χ1) is 13.9. The fourth-order valence-electron chi connectivity index (χ4n) is 3.36. The van der Waals surface area contributed by atoms with E-state index in [2.05, 4.69) is 20.5 Å². The number of anilines is 1. The number of para-hydroxylation sites is 1. The molecule has 0 saturated carbocycles. The fraction of sp³-hybridized carbons (Fsp3) is 0.333. The maximum absolute atomic E-state index is 12.7. The lowest BCUT2D eigenvalue weighted by Crippen LogP contribution is -2.23. The zero-order valence-corrected chi connectivity index (χ0v) is 17.3. The molecule has 8 nitrogen and oxygen atoms in total. The molecule has 0 radical (unpaired) electrons. The van der Waals surface area contributed by atoms with Crippen LogP contribution in [0, 0.1) is 13.8 Å². The van der Waals surface area contributed by atoms with Gasteiger partial charge in [0.05, 0.1) is 34.5 Å². The van der Waals surface area contributed by atoms with Crippen LogP contribution in [0.1, 0.15) is 48.1 Å². The molecule has 0 bridgehead atoms. The van der Waals surface area contributed by atoms with Crippen LogP contribution in [-0.2, 0) is 11.3 Å². The summed E-state index contributed by atoms with van der Waals surface area (Å²) in [6.07, 6.45) is 0. The van der Waals surface area contributed by atoms with Crippen molar-refractivity contribution in [2.45, 2.75) is 41.2 Å². The number of fused-ring (bicyclic) bond motifs is 1. The highest BCUT2D eigenvalue weighted by Crippen LogP contribution is 2.20. The van der Waals surface area contributed by atoms with Crippen LogP contribution in [0.2, 0.25) is 0 Å². The van der Waals surface area contributed by atoms with Crippen LogP contribution < -0.4 is 11.0 Å². The van der Waals surface area contributed by atoms with Gasteiger partial charge in [-0.05, 0) is 52.3 Å². The minimum Gasteiger partial charge on any atom is -0.462 e. The zero-order chi connectivity index (χ0) is 21.1. The van der Waals surface area contributed by atoms with Crippen molar-refractivity contribution in [2.24, 2.45) is 5.10 Å². The quantitative estimate of drug-likeness (QED) is 0.378. The Balaban J connectivity index is 1.98. The first kappa shape index (κ1) is 20.3. The van der Waals surface area contributed by atoms with Gasteiger partial charge in [0.1, 0.15) is 0 Å². The Morgan fingerprint density at radius 3 is 2.69 bits per heavy atom. The van der Waals surface area contributed by atoms with Gasteiger partial charge in [0.25, 0.3) is 5.56 Å². The molecular weight excluding hydrogens is 370 g/mol. The summed E-state index contributed by atoms with van der Waals surface area (Å²) in [4.78, 5) is 32.6.